The van der Waals surface area contributed by atoms with Crippen molar-refractivity contribution in [1.82, 2.24) is 4.98 Å². The smallest absolute Gasteiger partial charge is 0.0836 e. The Balaban J connectivity index is 0.00000144. The Morgan fingerprint density at radius 1 is 1.23 bits per heavy atom. The Bertz CT molecular complexity index is 228. The van der Waals surface area contributed by atoms with Gasteiger partial charge in [-0.15, -0.1) is 0 Å². The summed E-state index contributed by atoms with van der Waals surface area (Å²) < 4.78 is 0.997. The van der Waals surface area contributed by atoms with Gasteiger partial charge in [0.05, 0.1) is 27.7 Å². The molecule has 0 aromatic carbocycles. The Kier molecular flexibility index (Phi) is 5.18. The average molecular weight is 245 g/mol. The fourth-order valence-electron chi connectivity index (χ4n) is 0.996. The molecule has 2 nitrogen and oxygen atoms in total. The molecule has 0 saturated carbocycles. The number of quaternary nitrogens is 1. The SMILES string of the molecule is C[N+](C)(C)CCc1ccccn1.[Br-]. The van der Waals surface area contributed by atoms with E-state index in [4.69, 9.17) is 0 Å². The maximum atomic E-state index is 4.27. The van der Waals surface area contributed by atoms with Crippen LogP contribution in [0.25, 0.3) is 0 Å². The Morgan fingerprint density at radius 2 is 1.92 bits per heavy atom. The van der Waals surface area contributed by atoms with Crippen LogP contribution in [0.4, 0.5) is 0 Å². The van der Waals surface area contributed by atoms with Crippen LogP contribution in [0, 0.1) is 0 Å². The van der Waals surface area contributed by atoms with Gasteiger partial charge in [-0.25, -0.2) is 0 Å². The molecule has 1 rings (SSSR count). The lowest BCUT2D eigenvalue weighted by atomic mass is 10.2. The number of hydrogen-bond donors (Lipinski definition) is 0. The zero-order valence-corrected chi connectivity index (χ0v) is 10.1. The predicted octanol–water partition coefficient (Wildman–Crippen LogP) is -1.67. The van der Waals surface area contributed by atoms with Gasteiger partial charge in [0.25, 0.3) is 0 Å². The lowest BCUT2D eigenvalue weighted by Crippen LogP contribution is -3.00. The van der Waals surface area contributed by atoms with Crippen molar-refractivity contribution < 1.29 is 21.5 Å². The minimum absolute atomic E-state index is 0. The van der Waals surface area contributed by atoms with Gasteiger partial charge < -0.3 is 21.5 Å². The normalized spacial score (nSPS) is 10.7. The maximum Gasteiger partial charge on any atom is 0.0836 e. The van der Waals surface area contributed by atoms with E-state index >= 15 is 0 Å². The molecule has 0 radical (unpaired) electrons. The molecule has 0 spiro atoms. The van der Waals surface area contributed by atoms with E-state index in [1.54, 1.807) is 0 Å². The second-order valence-electron chi connectivity index (χ2n) is 4.09. The zero-order valence-electron chi connectivity index (χ0n) is 8.50. The van der Waals surface area contributed by atoms with Gasteiger partial charge in [-0.3, -0.25) is 4.98 Å². The Morgan fingerprint density at radius 3 is 2.38 bits per heavy atom. The second-order valence-corrected chi connectivity index (χ2v) is 4.09. The lowest BCUT2D eigenvalue weighted by molar-refractivity contribution is -0.870. The fourth-order valence-corrected chi connectivity index (χ4v) is 0.996. The predicted molar refractivity (Wildman–Crippen MR) is 50.8 cm³/mol. The number of pyridine rings is 1. The molecule has 0 saturated heterocycles. The van der Waals surface area contributed by atoms with E-state index in [1.807, 2.05) is 18.3 Å². The highest BCUT2D eigenvalue weighted by Crippen LogP contribution is 1.98. The molecule has 1 heterocycles. The van der Waals surface area contributed by atoms with Crippen LogP contribution in [0.3, 0.4) is 0 Å². The van der Waals surface area contributed by atoms with Gasteiger partial charge in [0, 0.05) is 18.3 Å². The molecule has 3 heteroatoms. The number of halogens is 1. The highest BCUT2D eigenvalue weighted by atomic mass is 79.9. The number of likely N-dealkylation sites (N-methyl/N-ethyl adjacent to an activating group) is 1. The first-order valence-corrected chi connectivity index (χ1v) is 4.28. The molecule has 0 aliphatic rings. The van der Waals surface area contributed by atoms with Crippen molar-refractivity contribution in [2.24, 2.45) is 0 Å². The van der Waals surface area contributed by atoms with Crippen molar-refractivity contribution in [3.05, 3.63) is 30.1 Å². The largest absolute Gasteiger partial charge is 1.00 e. The number of nitrogens with zero attached hydrogens (tertiary/aromatic N) is 2. The molecule has 0 bridgehead atoms. The summed E-state index contributed by atoms with van der Waals surface area (Å²) in [5.41, 5.74) is 1.19. The van der Waals surface area contributed by atoms with Crippen LogP contribution in [0.2, 0.25) is 0 Å². The summed E-state index contributed by atoms with van der Waals surface area (Å²) in [5, 5.41) is 0. The number of aromatic nitrogens is 1. The van der Waals surface area contributed by atoms with Crippen LogP contribution in [0.5, 0.6) is 0 Å². The van der Waals surface area contributed by atoms with E-state index in [-0.39, 0.29) is 17.0 Å². The third-order valence-electron chi connectivity index (χ3n) is 1.76. The molecule has 0 fully saturated rings. The van der Waals surface area contributed by atoms with Crippen molar-refractivity contribution in [3.63, 3.8) is 0 Å². The fraction of sp³-hybridized carbons (Fsp3) is 0.500. The molecule has 74 valence electrons. The van der Waals surface area contributed by atoms with Gasteiger partial charge in [0.15, 0.2) is 0 Å². The monoisotopic (exact) mass is 244 g/mol. The van der Waals surface area contributed by atoms with Crippen LogP contribution in [-0.4, -0.2) is 37.2 Å². The summed E-state index contributed by atoms with van der Waals surface area (Å²) in [7, 11) is 6.59. The van der Waals surface area contributed by atoms with E-state index in [2.05, 4.69) is 32.2 Å². The first kappa shape index (κ1) is 12.6. The molecule has 0 N–H and O–H groups in total. The van der Waals surface area contributed by atoms with E-state index in [9.17, 15) is 0 Å². The summed E-state index contributed by atoms with van der Waals surface area (Å²) in [6.07, 6.45) is 2.91. The van der Waals surface area contributed by atoms with Gasteiger partial charge in [0.1, 0.15) is 0 Å². The van der Waals surface area contributed by atoms with Crippen LogP contribution in [0.1, 0.15) is 5.69 Å². The van der Waals surface area contributed by atoms with Gasteiger partial charge in [-0.05, 0) is 12.1 Å². The topological polar surface area (TPSA) is 12.9 Å². The lowest BCUT2D eigenvalue weighted by Gasteiger charge is -2.23. The minimum Gasteiger partial charge on any atom is -1.00 e. The third-order valence-corrected chi connectivity index (χ3v) is 1.76. The van der Waals surface area contributed by atoms with Crippen LogP contribution < -0.4 is 17.0 Å². The van der Waals surface area contributed by atoms with Crippen LogP contribution in [-0.2, 0) is 6.42 Å². The van der Waals surface area contributed by atoms with Crippen molar-refractivity contribution in [2.75, 3.05) is 27.7 Å². The molecule has 0 aliphatic carbocycles. The number of rotatable bonds is 3. The van der Waals surface area contributed by atoms with Gasteiger partial charge in [-0.2, -0.15) is 0 Å². The summed E-state index contributed by atoms with van der Waals surface area (Å²) in [6.45, 7) is 1.14. The summed E-state index contributed by atoms with van der Waals surface area (Å²) >= 11 is 0. The number of hydrogen-bond acceptors (Lipinski definition) is 1. The van der Waals surface area contributed by atoms with Crippen molar-refractivity contribution in [1.29, 1.82) is 0 Å². The quantitative estimate of drug-likeness (QED) is 0.581. The molecule has 1 aromatic heterocycles. The molecular formula is C10H17BrN2. The first-order chi connectivity index (χ1) is 5.58. The van der Waals surface area contributed by atoms with Crippen molar-refractivity contribution >= 4 is 0 Å². The average Bonchev–Trinajstić information content (AvgIpc) is 2.02. The standard InChI is InChI=1S/C10H17N2.BrH/c1-12(2,3)9-7-10-6-4-5-8-11-10;/h4-6,8H,7,9H2,1-3H3;1H/q+1;/p-1. The summed E-state index contributed by atoms with van der Waals surface area (Å²) in [5.74, 6) is 0. The van der Waals surface area contributed by atoms with E-state index in [0.29, 0.717) is 0 Å². The Labute approximate surface area is 91.0 Å². The first-order valence-electron chi connectivity index (χ1n) is 4.28. The second kappa shape index (κ2) is 5.35. The maximum absolute atomic E-state index is 4.27. The zero-order chi connectivity index (χ0) is 9.03. The molecule has 0 unspecified atom stereocenters. The van der Waals surface area contributed by atoms with E-state index in [0.717, 1.165) is 17.4 Å². The van der Waals surface area contributed by atoms with Crippen LogP contribution >= 0.6 is 0 Å². The van der Waals surface area contributed by atoms with Crippen LogP contribution in [0.15, 0.2) is 24.4 Å². The Hall–Kier alpha value is -0.410. The molecular weight excluding hydrogens is 228 g/mol. The van der Waals surface area contributed by atoms with Gasteiger partial charge >= 0.3 is 0 Å². The van der Waals surface area contributed by atoms with Crippen molar-refractivity contribution in [2.45, 2.75) is 6.42 Å². The molecule has 13 heavy (non-hydrogen) atoms. The highest BCUT2D eigenvalue weighted by Gasteiger charge is 2.06. The van der Waals surface area contributed by atoms with E-state index in [1.165, 1.54) is 5.69 Å². The summed E-state index contributed by atoms with van der Waals surface area (Å²) in [6, 6.07) is 6.07. The highest BCUT2D eigenvalue weighted by molar-refractivity contribution is 5.03. The molecule has 0 aliphatic heterocycles. The third kappa shape index (κ3) is 5.77. The van der Waals surface area contributed by atoms with E-state index < -0.39 is 0 Å². The minimum atomic E-state index is 0. The van der Waals surface area contributed by atoms with Gasteiger partial charge in [0.2, 0.25) is 0 Å². The van der Waals surface area contributed by atoms with Crippen molar-refractivity contribution in [3.8, 4) is 0 Å². The molecule has 0 amide bonds. The molecule has 1 aromatic rings. The summed E-state index contributed by atoms with van der Waals surface area (Å²) in [4.78, 5) is 4.27. The molecule has 0 atom stereocenters. The van der Waals surface area contributed by atoms with Gasteiger partial charge in [-0.1, -0.05) is 6.07 Å².